The van der Waals surface area contributed by atoms with Crippen molar-refractivity contribution in [3.05, 3.63) is 108 Å². The Morgan fingerprint density at radius 3 is 2.17 bits per heavy atom. The number of fused-ring (bicyclic) bond motifs is 1. The molecule has 0 radical (unpaired) electrons. The van der Waals surface area contributed by atoms with E-state index in [1.807, 2.05) is 56.3 Å². The van der Waals surface area contributed by atoms with Crippen LogP contribution in [0, 0.1) is 5.92 Å². The standard InChI is InChI=1S/C36H43N5O6S/c1-25(2)20-21-41(48(46,47)28-15-8-5-9-16-28)24-33(42)31(22-26-12-6-4-7-13-26)39-36(45)32(23-34(43)37-3)40-35(44)30-19-18-27-14-10-11-17-29(27)38-30/h4-19,25,31-33,42H,20-24H2,1-3H3,(H,37,43)(H,39,45)(H,40,44)/t31-,32-,33+/m0/s1. The van der Waals surface area contributed by atoms with Gasteiger partial charge in [-0.1, -0.05) is 86.6 Å². The molecule has 3 amide bonds. The number of hydrogen-bond acceptors (Lipinski definition) is 7. The molecule has 0 spiro atoms. The minimum atomic E-state index is -3.98. The number of carbonyl (C=O) groups excluding carboxylic acids is 3. The van der Waals surface area contributed by atoms with Crippen molar-refractivity contribution in [3.8, 4) is 0 Å². The molecule has 0 aliphatic rings. The largest absolute Gasteiger partial charge is 0.390 e. The van der Waals surface area contributed by atoms with Gasteiger partial charge in [-0.3, -0.25) is 14.4 Å². The lowest BCUT2D eigenvalue weighted by molar-refractivity contribution is -0.129. The third-order valence-corrected chi connectivity index (χ3v) is 9.82. The van der Waals surface area contributed by atoms with Gasteiger partial charge in [-0.25, -0.2) is 13.4 Å². The van der Waals surface area contributed by atoms with Gasteiger partial charge < -0.3 is 21.1 Å². The van der Waals surface area contributed by atoms with E-state index in [0.29, 0.717) is 11.9 Å². The molecule has 0 aliphatic heterocycles. The third-order valence-electron chi connectivity index (χ3n) is 7.94. The van der Waals surface area contributed by atoms with Gasteiger partial charge in [0.25, 0.3) is 5.91 Å². The molecular weight excluding hydrogens is 630 g/mol. The summed E-state index contributed by atoms with van der Waals surface area (Å²) < 4.78 is 28.7. The van der Waals surface area contributed by atoms with Gasteiger partial charge in [-0.05, 0) is 48.6 Å². The number of aromatic nitrogens is 1. The van der Waals surface area contributed by atoms with Gasteiger partial charge in [-0.2, -0.15) is 4.31 Å². The van der Waals surface area contributed by atoms with Crippen LogP contribution < -0.4 is 16.0 Å². The number of nitrogens with zero attached hydrogens (tertiary/aromatic N) is 2. The van der Waals surface area contributed by atoms with Gasteiger partial charge in [0, 0.05) is 25.5 Å². The molecule has 0 aliphatic carbocycles. The quantitative estimate of drug-likeness (QED) is 0.142. The van der Waals surface area contributed by atoms with Crippen LogP contribution in [0.5, 0.6) is 0 Å². The van der Waals surface area contributed by atoms with Gasteiger partial charge in [0.05, 0.1) is 29.0 Å². The van der Waals surface area contributed by atoms with Crippen LogP contribution in [0.2, 0.25) is 0 Å². The molecule has 4 aromatic rings. The second-order valence-electron chi connectivity index (χ2n) is 12.0. The molecule has 0 unspecified atom stereocenters. The van der Waals surface area contributed by atoms with Crippen LogP contribution in [0.3, 0.4) is 0 Å². The van der Waals surface area contributed by atoms with Gasteiger partial charge in [0.15, 0.2) is 0 Å². The Kier molecular flexibility index (Phi) is 12.8. The predicted molar refractivity (Wildman–Crippen MR) is 184 cm³/mol. The Hall–Kier alpha value is -4.65. The molecule has 0 bridgehead atoms. The summed E-state index contributed by atoms with van der Waals surface area (Å²) in [6, 6.07) is 25.4. The molecule has 4 rings (SSSR count). The monoisotopic (exact) mass is 673 g/mol. The number of para-hydroxylation sites is 1. The van der Waals surface area contributed by atoms with Crippen LogP contribution in [0.4, 0.5) is 0 Å². The number of aliphatic hydroxyl groups excluding tert-OH is 1. The summed E-state index contributed by atoms with van der Waals surface area (Å²) in [7, 11) is -2.56. The minimum absolute atomic E-state index is 0.0659. The number of pyridine rings is 1. The van der Waals surface area contributed by atoms with Crippen molar-refractivity contribution in [2.75, 3.05) is 20.1 Å². The Morgan fingerprint density at radius 1 is 0.854 bits per heavy atom. The van der Waals surface area contributed by atoms with Crippen molar-refractivity contribution < 1.29 is 27.9 Å². The second-order valence-corrected chi connectivity index (χ2v) is 14.0. The van der Waals surface area contributed by atoms with E-state index in [1.54, 1.807) is 36.4 Å². The van der Waals surface area contributed by atoms with E-state index in [4.69, 9.17) is 0 Å². The smallest absolute Gasteiger partial charge is 0.270 e. The summed E-state index contributed by atoms with van der Waals surface area (Å²) in [6.07, 6.45) is -1.02. The number of carbonyl (C=O) groups is 3. The van der Waals surface area contributed by atoms with Crippen LogP contribution in [-0.4, -0.2) is 78.9 Å². The first kappa shape index (κ1) is 36.2. The molecule has 3 aromatic carbocycles. The summed E-state index contributed by atoms with van der Waals surface area (Å²) >= 11 is 0. The Labute approximate surface area is 281 Å². The SMILES string of the molecule is CNC(=O)C[C@H](NC(=O)c1ccc2ccccc2n1)C(=O)N[C@@H](Cc1ccccc1)[C@H](O)CN(CCC(C)C)S(=O)(=O)c1ccccc1. The highest BCUT2D eigenvalue weighted by atomic mass is 32.2. The molecule has 0 fully saturated rings. The molecule has 0 saturated carbocycles. The lowest BCUT2D eigenvalue weighted by Gasteiger charge is -2.31. The van der Waals surface area contributed by atoms with Crippen molar-refractivity contribution in [1.82, 2.24) is 25.2 Å². The van der Waals surface area contributed by atoms with Crippen molar-refractivity contribution in [3.63, 3.8) is 0 Å². The number of aliphatic hydroxyl groups is 1. The van der Waals surface area contributed by atoms with Crippen molar-refractivity contribution in [1.29, 1.82) is 0 Å². The fraction of sp³-hybridized carbons (Fsp3) is 0.333. The Morgan fingerprint density at radius 2 is 1.50 bits per heavy atom. The number of sulfonamides is 1. The van der Waals surface area contributed by atoms with E-state index < -0.39 is 45.9 Å². The highest BCUT2D eigenvalue weighted by Crippen LogP contribution is 2.19. The lowest BCUT2D eigenvalue weighted by atomic mass is 10.00. The molecule has 11 nitrogen and oxygen atoms in total. The van der Waals surface area contributed by atoms with Gasteiger partial charge in [-0.15, -0.1) is 0 Å². The van der Waals surface area contributed by atoms with E-state index in [0.717, 1.165) is 10.9 Å². The maximum Gasteiger partial charge on any atom is 0.270 e. The van der Waals surface area contributed by atoms with Crippen LogP contribution >= 0.6 is 0 Å². The average molecular weight is 674 g/mol. The van der Waals surface area contributed by atoms with E-state index >= 15 is 0 Å². The number of rotatable bonds is 16. The highest BCUT2D eigenvalue weighted by molar-refractivity contribution is 7.89. The number of benzene rings is 3. The minimum Gasteiger partial charge on any atom is -0.390 e. The molecule has 1 aromatic heterocycles. The van der Waals surface area contributed by atoms with Crippen LogP contribution in [0.25, 0.3) is 10.9 Å². The lowest BCUT2D eigenvalue weighted by Crippen LogP contribution is -2.56. The molecular formula is C36H43N5O6S. The summed E-state index contributed by atoms with van der Waals surface area (Å²) in [4.78, 5) is 44.1. The van der Waals surface area contributed by atoms with E-state index in [-0.39, 0.29) is 42.4 Å². The Balaban J connectivity index is 1.60. The Bertz CT molecular complexity index is 1790. The van der Waals surface area contributed by atoms with E-state index in [1.165, 1.54) is 29.6 Å². The molecule has 0 saturated heterocycles. The zero-order valence-electron chi connectivity index (χ0n) is 27.4. The zero-order chi connectivity index (χ0) is 34.7. The van der Waals surface area contributed by atoms with Gasteiger partial charge >= 0.3 is 0 Å². The van der Waals surface area contributed by atoms with E-state index in [2.05, 4.69) is 20.9 Å². The summed E-state index contributed by atoms with van der Waals surface area (Å²) in [5.41, 5.74) is 1.45. The van der Waals surface area contributed by atoms with Crippen LogP contribution in [0.1, 0.15) is 42.7 Å². The average Bonchev–Trinajstić information content (AvgIpc) is 3.09. The summed E-state index contributed by atoms with van der Waals surface area (Å²) in [6.45, 7) is 3.83. The first-order valence-corrected chi connectivity index (χ1v) is 17.4. The first-order chi connectivity index (χ1) is 23.0. The van der Waals surface area contributed by atoms with E-state index in [9.17, 15) is 27.9 Å². The second kappa shape index (κ2) is 17.0. The molecule has 254 valence electrons. The number of nitrogens with one attached hydrogen (secondary N) is 3. The van der Waals surface area contributed by atoms with Crippen molar-refractivity contribution in [2.45, 2.75) is 56.2 Å². The number of amides is 3. The number of hydrogen-bond donors (Lipinski definition) is 4. The topological polar surface area (TPSA) is 158 Å². The maximum atomic E-state index is 13.8. The van der Waals surface area contributed by atoms with Crippen LogP contribution in [0.15, 0.2) is 102 Å². The molecule has 4 N–H and O–H groups in total. The fourth-order valence-electron chi connectivity index (χ4n) is 5.15. The molecule has 3 atom stereocenters. The van der Waals surface area contributed by atoms with Crippen molar-refractivity contribution >= 4 is 38.6 Å². The van der Waals surface area contributed by atoms with Gasteiger partial charge in [0.1, 0.15) is 11.7 Å². The highest BCUT2D eigenvalue weighted by Gasteiger charge is 2.33. The first-order valence-electron chi connectivity index (χ1n) is 15.9. The normalized spacial score (nSPS) is 13.5. The third kappa shape index (κ3) is 9.93. The molecule has 12 heteroatoms. The molecule has 1 heterocycles. The summed E-state index contributed by atoms with van der Waals surface area (Å²) in [5.74, 6) is -1.66. The summed E-state index contributed by atoms with van der Waals surface area (Å²) in [5, 5.41) is 20.4. The van der Waals surface area contributed by atoms with Gasteiger partial charge in [0.2, 0.25) is 21.8 Å². The van der Waals surface area contributed by atoms with Crippen LogP contribution in [-0.2, 0) is 26.0 Å². The van der Waals surface area contributed by atoms with Crippen molar-refractivity contribution in [2.24, 2.45) is 5.92 Å². The fourth-order valence-corrected chi connectivity index (χ4v) is 6.64. The molecule has 48 heavy (non-hydrogen) atoms. The zero-order valence-corrected chi connectivity index (χ0v) is 28.2. The maximum absolute atomic E-state index is 13.8. The predicted octanol–water partition coefficient (Wildman–Crippen LogP) is 3.29.